The molecule has 5 aromatic heterocycles. The second kappa shape index (κ2) is 42.5. The molecule has 9 aromatic rings. The summed E-state index contributed by atoms with van der Waals surface area (Å²) in [6, 6.07) is 33.8. The number of nitrogens with one attached hydrogen (secondary N) is 1. The highest BCUT2D eigenvalue weighted by atomic mass is 19.2. The zero-order valence-electron chi connectivity index (χ0n) is 71.7. The van der Waals surface area contributed by atoms with Crippen LogP contribution >= 0.6 is 0 Å². The monoisotopic (exact) mass is 1790 g/mol. The van der Waals surface area contributed by atoms with Gasteiger partial charge in [0.25, 0.3) is 27.8 Å². The maximum Gasteiger partial charge on any atom is 0.333 e. The molecule has 5 aliphatic rings. The Hall–Kier alpha value is -11.3. The van der Waals surface area contributed by atoms with E-state index in [9.17, 15) is 91.0 Å². The minimum absolute atomic E-state index is 0.00707. The molecule has 5 aliphatic heterocycles. The molecule has 4 aromatic carbocycles. The average Bonchev–Trinajstić information content (AvgIpc) is 1.66. The Kier molecular flexibility index (Phi) is 32.8. The van der Waals surface area contributed by atoms with Crippen molar-refractivity contribution in [3.8, 4) is 23.0 Å². The van der Waals surface area contributed by atoms with Gasteiger partial charge in [0.05, 0.1) is 105 Å². The number of H-pyrrole nitrogens is 1. The number of aliphatic hydroxyl groups excluding tert-OH is 6. The number of aromatic nitrogens is 10. The SMILES string of the molecule is CCC1(CC)O[C@@H](n2ccc(=O)n(Cc3ccc(OC)cc3)c2=O)[C@H](F)[C@@H]1C.CC[C@@]1(CO)O[C@@H](n2ccc(=O)n(Cc3ccc(OC)cc3)c2=O)[C@H](F)[C@@H]1C.COc1ccc(Cn2c(=O)ccn([C@@H]3OC(CO)(CO)[C@@H](C)[C@H]3F)c2=O)cc1.COc1ccc(Cn2c(=O)ccn([C@@H]3O[C@H](CO)[C@@H](C)[C@H]3F)c2=O)cc1.O=c1ccn([C@@H]2O[C@H](CO)[C@@H](O)[C@H]2F)c(=O)[nH]1. The van der Waals surface area contributed by atoms with Crippen LogP contribution in [0.2, 0.25) is 0 Å². The molecule has 0 amide bonds. The van der Waals surface area contributed by atoms with Gasteiger partial charge in [-0.3, -0.25) is 70.1 Å². The molecule has 7 N–H and O–H groups in total. The molecular formula is C87H107F5N10O25. The number of aliphatic hydroxyl groups is 6. The number of ether oxygens (including phenoxy) is 9. The highest BCUT2D eigenvalue weighted by molar-refractivity contribution is 5.31. The lowest BCUT2D eigenvalue weighted by molar-refractivity contribution is -0.136. The predicted octanol–water partition coefficient (Wildman–Crippen LogP) is 4.19. The summed E-state index contributed by atoms with van der Waals surface area (Å²) in [6.07, 6.45) is -9.41. The number of hydrogen-bond acceptors (Lipinski definition) is 25. The summed E-state index contributed by atoms with van der Waals surface area (Å²) < 4.78 is 131. The zero-order valence-corrected chi connectivity index (χ0v) is 71.7. The Morgan fingerprint density at radius 3 is 0.890 bits per heavy atom. The van der Waals surface area contributed by atoms with Crippen LogP contribution in [0.5, 0.6) is 23.0 Å². The van der Waals surface area contributed by atoms with E-state index in [0.29, 0.717) is 47.8 Å². The lowest BCUT2D eigenvalue weighted by atomic mass is 9.83. The van der Waals surface area contributed by atoms with E-state index in [1.165, 1.54) is 61.6 Å². The fourth-order valence-electron chi connectivity index (χ4n) is 15.8. The van der Waals surface area contributed by atoms with Crippen molar-refractivity contribution in [3.63, 3.8) is 0 Å². The summed E-state index contributed by atoms with van der Waals surface area (Å²) in [5.74, 6) is 0.304. The quantitative estimate of drug-likeness (QED) is 0.0394. The van der Waals surface area contributed by atoms with Gasteiger partial charge in [-0.25, -0.2) is 45.9 Å². The van der Waals surface area contributed by atoms with E-state index in [1.807, 2.05) is 25.8 Å². The molecule has 0 aliphatic carbocycles. The summed E-state index contributed by atoms with van der Waals surface area (Å²) in [5, 5.41) is 56.4. The largest absolute Gasteiger partial charge is 0.497 e. The highest BCUT2D eigenvalue weighted by Gasteiger charge is 2.56. The molecule has 5 fully saturated rings. The first kappa shape index (κ1) is 97.9. The molecule has 0 spiro atoms. The van der Waals surface area contributed by atoms with Gasteiger partial charge < -0.3 is 73.3 Å². The molecule has 690 valence electrons. The smallest absolute Gasteiger partial charge is 0.333 e. The molecule has 0 bridgehead atoms. The van der Waals surface area contributed by atoms with Gasteiger partial charge in [0.1, 0.15) is 40.8 Å². The van der Waals surface area contributed by atoms with Crippen LogP contribution in [0.15, 0.2) is 206 Å². The maximum absolute atomic E-state index is 15.1. The molecule has 35 nitrogen and oxygen atoms in total. The van der Waals surface area contributed by atoms with Crippen molar-refractivity contribution in [3.05, 3.63) is 285 Å². The van der Waals surface area contributed by atoms with Crippen LogP contribution in [0.1, 0.15) is 121 Å². The van der Waals surface area contributed by atoms with Gasteiger partial charge >= 0.3 is 28.4 Å². The Labute approximate surface area is 722 Å². The molecule has 0 unspecified atom stereocenters. The number of hydrogen-bond donors (Lipinski definition) is 7. The third kappa shape index (κ3) is 20.8. The van der Waals surface area contributed by atoms with Crippen LogP contribution in [0.3, 0.4) is 0 Å². The van der Waals surface area contributed by atoms with Gasteiger partial charge in [-0.05, 0) is 90.0 Å². The minimum Gasteiger partial charge on any atom is -0.497 e. The van der Waals surface area contributed by atoms with E-state index in [4.69, 9.17) is 47.7 Å². The summed E-state index contributed by atoms with van der Waals surface area (Å²) in [4.78, 5) is 125. The van der Waals surface area contributed by atoms with Crippen molar-refractivity contribution in [1.29, 1.82) is 0 Å². The van der Waals surface area contributed by atoms with Crippen LogP contribution in [-0.4, -0.2) is 204 Å². The van der Waals surface area contributed by atoms with E-state index in [1.54, 1.807) is 139 Å². The topological polar surface area (TPSA) is 435 Å². The van der Waals surface area contributed by atoms with Crippen molar-refractivity contribution in [2.45, 2.75) is 191 Å². The van der Waals surface area contributed by atoms with E-state index in [0.717, 1.165) is 71.6 Å². The van der Waals surface area contributed by atoms with Crippen LogP contribution in [0.4, 0.5) is 22.0 Å². The van der Waals surface area contributed by atoms with Gasteiger partial charge in [-0.2, -0.15) is 0 Å². The first-order valence-electron chi connectivity index (χ1n) is 41.0. The molecule has 127 heavy (non-hydrogen) atoms. The third-order valence-corrected chi connectivity index (χ3v) is 24.3. The third-order valence-electron chi connectivity index (χ3n) is 24.3. The van der Waals surface area contributed by atoms with Gasteiger partial charge in [0, 0.05) is 85.0 Å². The molecule has 5 saturated heterocycles. The van der Waals surface area contributed by atoms with Crippen LogP contribution in [0.25, 0.3) is 0 Å². The van der Waals surface area contributed by atoms with Crippen molar-refractivity contribution < 1.29 is 95.2 Å². The average molecular weight is 1790 g/mol. The Bertz CT molecular complexity index is 5440. The van der Waals surface area contributed by atoms with Crippen molar-refractivity contribution in [1.82, 2.24) is 46.1 Å². The molecular weight excluding hydrogens is 1680 g/mol. The molecule has 0 radical (unpaired) electrons. The van der Waals surface area contributed by atoms with E-state index < -0.39 is 191 Å². The molecule has 18 atom stereocenters. The zero-order chi connectivity index (χ0) is 92.8. The Balaban J connectivity index is 0.000000167. The first-order chi connectivity index (χ1) is 60.6. The Morgan fingerprint density at radius 1 is 0.354 bits per heavy atom. The number of aromatic amines is 1. The van der Waals surface area contributed by atoms with Crippen LogP contribution < -0.4 is 75.2 Å². The number of benzene rings is 4. The lowest BCUT2D eigenvalue weighted by Crippen LogP contribution is -2.44. The minimum atomic E-state index is -1.85. The number of halogens is 5. The summed E-state index contributed by atoms with van der Waals surface area (Å²) in [7, 11) is 6.20. The summed E-state index contributed by atoms with van der Waals surface area (Å²) >= 11 is 0. The molecule has 10 heterocycles. The first-order valence-corrected chi connectivity index (χ1v) is 41.0. The predicted molar refractivity (Wildman–Crippen MR) is 449 cm³/mol. The number of rotatable bonds is 25. The van der Waals surface area contributed by atoms with Crippen molar-refractivity contribution in [2.24, 2.45) is 23.7 Å². The number of methoxy groups -OCH3 is 4. The van der Waals surface area contributed by atoms with Gasteiger partial charge in [-0.1, -0.05) is 97.0 Å². The summed E-state index contributed by atoms with van der Waals surface area (Å²) in [5.41, 5.74) is -6.27. The maximum atomic E-state index is 15.1. The van der Waals surface area contributed by atoms with Crippen LogP contribution in [-0.2, 0) is 49.9 Å². The Morgan fingerprint density at radius 2 is 0.630 bits per heavy atom. The van der Waals surface area contributed by atoms with E-state index in [-0.39, 0.29) is 45.3 Å². The van der Waals surface area contributed by atoms with E-state index in [2.05, 4.69) is 0 Å². The summed E-state index contributed by atoms with van der Waals surface area (Å²) in [6.45, 7) is 10.0. The fraction of sp³-hybridized carbons (Fsp3) is 0.494. The van der Waals surface area contributed by atoms with Gasteiger partial charge in [0.15, 0.2) is 62.0 Å². The van der Waals surface area contributed by atoms with Gasteiger partial charge in [-0.15, -0.1) is 0 Å². The van der Waals surface area contributed by atoms with Crippen molar-refractivity contribution in [2.75, 3.05) is 61.5 Å². The second-order valence-corrected chi connectivity index (χ2v) is 31.3. The lowest BCUT2D eigenvalue weighted by Gasteiger charge is -2.30. The normalized spacial score (nSPS) is 26.0. The highest BCUT2D eigenvalue weighted by Crippen LogP contribution is 2.48. The molecule has 40 heteroatoms. The van der Waals surface area contributed by atoms with E-state index >= 15 is 4.39 Å². The second-order valence-electron chi connectivity index (χ2n) is 31.3. The van der Waals surface area contributed by atoms with Gasteiger partial charge in [0.2, 0.25) is 0 Å². The number of nitrogens with zero attached hydrogens (tertiary/aromatic N) is 9. The molecule has 14 rings (SSSR count). The standard InChI is InChI=1S/C21H27FN2O4.C20H25FN2O5.C19H23FN2O6.C18H21FN2O5.C9H11FN2O5/c1-5-21(6-2)14(3)18(22)19(28-21)23-12-11-17(25)24(20(23)26)13-15-7-9-16(27-4)10-8-15;1-4-20(12-24)13(2)17(21)18(28-20)22-10-9-16(25)23(19(22)26)11-14-5-7-15(27-3)8-6-14;1-12-16(20)17(28-19(12,10-23)11-24)21-8-7-15(25)22(18(21)26)9-13-3-5-14(27-2)6-4-13;1-11-14(10-22)26-17(16(11)19)20-8-7-15(23)21(18(20)24)9-12-3-5-13(25-2)6-4-12;10-6-7(15)4(3-13)17-8(6)12-2-1-5(14)11-9(12)16/h7-12,14,18-19H,5-6,13H2,1-4H3;5-10,13,17-18,24H,4,11-12H2,1-3H3;3-8,12,16-17,23-24H,9-11H2,1-2H3;3-8,11,14,16-17,22H,9-10H2,1-2H3;1-2,4,6-8,13,15H,3H2,(H,11,14,16)/t14-,18+,19+;13-,17+,18+,20-;12-,16+,17+;11-,14-,16-,17-;4-,6-,7-,8-/m00011/s1. The fourth-order valence-corrected chi connectivity index (χ4v) is 15.8. The number of alkyl halides is 5. The van der Waals surface area contributed by atoms with Crippen LogP contribution in [0, 0.1) is 23.7 Å². The van der Waals surface area contributed by atoms with Crippen molar-refractivity contribution >= 4 is 0 Å². The molecule has 0 saturated carbocycles.